The van der Waals surface area contributed by atoms with Crippen LogP contribution in [-0.4, -0.2) is 47.8 Å². The highest BCUT2D eigenvalue weighted by Gasteiger charge is 2.48. The van der Waals surface area contributed by atoms with Crippen LogP contribution in [0.5, 0.6) is 0 Å². The zero-order valence-electron chi connectivity index (χ0n) is 11.9. The summed E-state index contributed by atoms with van der Waals surface area (Å²) < 4.78 is 4.61. The molecule has 2 rings (SSSR count). The lowest BCUT2D eigenvalue weighted by Gasteiger charge is -2.19. The maximum atomic E-state index is 12.1. The van der Waals surface area contributed by atoms with Gasteiger partial charge in [0.25, 0.3) is 5.91 Å². The summed E-state index contributed by atoms with van der Waals surface area (Å²) in [5, 5.41) is 1.73. The first-order chi connectivity index (χ1) is 10.4. The summed E-state index contributed by atoms with van der Waals surface area (Å²) in [4.78, 5) is 58.3. The summed E-state index contributed by atoms with van der Waals surface area (Å²) in [6.45, 7) is -1.22. The van der Waals surface area contributed by atoms with E-state index in [1.807, 2.05) is 0 Å². The van der Waals surface area contributed by atoms with Crippen LogP contribution in [0.1, 0.15) is 25.7 Å². The van der Waals surface area contributed by atoms with Crippen LogP contribution in [0.4, 0.5) is 4.79 Å². The van der Waals surface area contributed by atoms with Crippen LogP contribution in [0.15, 0.2) is 0 Å². The Kier molecular flexibility index (Phi) is 4.74. The highest BCUT2D eigenvalue weighted by molar-refractivity contribution is 6.07. The third-order valence-corrected chi connectivity index (χ3v) is 3.85. The minimum absolute atomic E-state index is 0.341. The molecule has 0 radical (unpaired) electrons. The van der Waals surface area contributed by atoms with Crippen LogP contribution >= 0.6 is 0 Å². The molecule has 1 aliphatic heterocycles. The standard InChI is InChI=1S/C13H17N3O6/c14-13(21)15-9(17)6-22-10(18)5-16-11(19)7-3-1-2-4-8(7)12(16)20/h7-8H,1-6H2,(H3,14,15,17,21)/t7-,8-/m1/s1. The molecule has 2 aliphatic rings. The van der Waals surface area contributed by atoms with Gasteiger partial charge in [-0.25, -0.2) is 4.79 Å². The molecular formula is C13H17N3O6. The minimum Gasteiger partial charge on any atom is -0.454 e. The van der Waals surface area contributed by atoms with Gasteiger partial charge in [-0.15, -0.1) is 0 Å². The van der Waals surface area contributed by atoms with E-state index in [0.717, 1.165) is 17.7 Å². The number of nitrogens with zero attached hydrogens (tertiary/aromatic N) is 1. The van der Waals surface area contributed by atoms with Gasteiger partial charge in [0.15, 0.2) is 6.61 Å². The topological polar surface area (TPSA) is 136 Å². The van der Waals surface area contributed by atoms with Crippen molar-refractivity contribution in [2.45, 2.75) is 25.7 Å². The van der Waals surface area contributed by atoms with Crippen molar-refractivity contribution >= 4 is 29.7 Å². The predicted molar refractivity (Wildman–Crippen MR) is 70.9 cm³/mol. The number of likely N-dealkylation sites (tertiary alicyclic amines) is 1. The first-order valence-corrected chi connectivity index (χ1v) is 7.00. The zero-order chi connectivity index (χ0) is 16.3. The number of primary amides is 1. The van der Waals surface area contributed by atoms with E-state index in [1.165, 1.54) is 0 Å². The second-order valence-electron chi connectivity index (χ2n) is 5.33. The molecule has 0 spiro atoms. The van der Waals surface area contributed by atoms with Gasteiger partial charge in [0, 0.05) is 0 Å². The number of nitrogens with one attached hydrogen (secondary N) is 1. The average molecular weight is 311 g/mol. The SMILES string of the molecule is NC(=O)NC(=O)COC(=O)CN1C(=O)[C@@H]2CCCC[C@H]2C1=O. The number of imide groups is 2. The normalized spacial score (nSPS) is 23.9. The van der Waals surface area contributed by atoms with E-state index in [-0.39, 0.29) is 23.7 Å². The first-order valence-electron chi connectivity index (χ1n) is 7.00. The van der Waals surface area contributed by atoms with Crippen molar-refractivity contribution in [2.75, 3.05) is 13.2 Å². The van der Waals surface area contributed by atoms with E-state index in [1.54, 1.807) is 5.32 Å². The highest BCUT2D eigenvalue weighted by Crippen LogP contribution is 2.37. The molecule has 120 valence electrons. The molecule has 22 heavy (non-hydrogen) atoms. The second kappa shape index (κ2) is 6.54. The predicted octanol–water partition coefficient (Wildman–Crippen LogP) is -1.10. The van der Waals surface area contributed by atoms with Crippen LogP contribution in [-0.2, 0) is 23.9 Å². The van der Waals surface area contributed by atoms with E-state index in [9.17, 15) is 24.0 Å². The van der Waals surface area contributed by atoms with Gasteiger partial charge in [0.1, 0.15) is 6.54 Å². The Morgan fingerprint density at radius 3 is 2.18 bits per heavy atom. The Balaban J connectivity index is 1.86. The number of amides is 5. The van der Waals surface area contributed by atoms with Gasteiger partial charge in [-0.3, -0.25) is 29.4 Å². The molecule has 5 amide bonds. The molecule has 3 N–H and O–H groups in total. The summed E-state index contributed by atoms with van der Waals surface area (Å²) in [6.07, 6.45) is 3.10. The van der Waals surface area contributed by atoms with Gasteiger partial charge in [-0.1, -0.05) is 12.8 Å². The number of urea groups is 1. The Labute approximate surface area is 126 Å². The summed E-state index contributed by atoms with van der Waals surface area (Å²) in [7, 11) is 0. The van der Waals surface area contributed by atoms with Gasteiger partial charge in [-0.05, 0) is 12.8 Å². The van der Waals surface area contributed by atoms with Gasteiger partial charge in [-0.2, -0.15) is 0 Å². The monoisotopic (exact) mass is 311 g/mol. The fraction of sp³-hybridized carbons (Fsp3) is 0.615. The molecule has 0 aromatic heterocycles. The Morgan fingerprint density at radius 1 is 1.14 bits per heavy atom. The van der Waals surface area contributed by atoms with Crippen LogP contribution in [0, 0.1) is 11.8 Å². The molecular weight excluding hydrogens is 294 g/mol. The van der Waals surface area contributed by atoms with Crippen molar-refractivity contribution in [2.24, 2.45) is 17.6 Å². The quantitative estimate of drug-likeness (QED) is 0.499. The van der Waals surface area contributed by atoms with E-state index in [4.69, 9.17) is 5.73 Å². The summed E-state index contributed by atoms with van der Waals surface area (Å²) in [5.74, 6) is -3.16. The van der Waals surface area contributed by atoms with E-state index in [2.05, 4.69) is 4.74 Å². The van der Waals surface area contributed by atoms with E-state index < -0.39 is 31.1 Å². The maximum Gasteiger partial charge on any atom is 0.326 e. The number of nitrogens with two attached hydrogens (primary N) is 1. The number of ether oxygens (including phenoxy) is 1. The van der Waals surface area contributed by atoms with Gasteiger partial charge in [0.05, 0.1) is 11.8 Å². The largest absolute Gasteiger partial charge is 0.454 e. The Bertz CT molecular complexity index is 508. The number of hydrogen-bond donors (Lipinski definition) is 2. The van der Waals surface area contributed by atoms with Crippen LogP contribution in [0.2, 0.25) is 0 Å². The molecule has 0 aromatic rings. The van der Waals surface area contributed by atoms with Crippen molar-refractivity contribution < 1.29 is 28.7 Å². The molecule has 1 saturated heterocycles. The van der Waals surface area contributed by atoms with Crippen molar-refractivity contribution in [1.82, 2.24) is 10.2 Å². The maximum absolute atomic E-state index is 12.1. The lowest BCUT2D eigenvalue weighted by atomic mass is 9.81. The number of carbonyl (C=O) groups excluding carboxylic acids is 5. The number of esters is 1. The highest BCUT2D eigenvalue weighted by atomic mass is 16.5. The Morgan fingerprint density at radius 2 is 1.68 bits per heavy atom. The van der Waals surface area contributed by atoms with Gasteiger partial charge in [0.2, 0.25) is 11.8 Å². The first kappa shape index (κ1) is 15.9. The van der Waals surface area contributed by atoms with Gasteiger partial charge < -0.3 is 10.5 Å². The van der Waals surface area contributed by atoms with E-state index in [0.29, 0.717) is 12.8 Å². The molecule has 1 heterocycles. The summed E-state index contributed by atoms with van der Waals surface area (Å²) in [5.41, 5.74) is 4.73. The average Bonchev–Trinajstić information content (AvgIpc) is 2.70. The minimum atomic E-state index is -1.06. The van der Waals surface area contributed by atoms with E-state index >= 15 is 0 Å². The number of hydrogen-bond acceptors (Lipinski definition) is 6. The van der Waals surface area contributed by atoms with Crippen molar-refractivity contribution in [3.05, 3.63) is 0 Å². The number of rotatable bonds is 4. The smallest absolute Gasteiger partial charge is 0.326 e. The molecule has 2 atom stereocenters. The third kappa shape index (κ3) is 3.41. The molecule has 0 aromatic carbocycles. The van der Waals surface area contributed by atoms with Crippen molar-refractivity contribution in [1.29, 1.82) is 0 Å². The van der Waals surface area contributed by atoms with Gasteiger partial charge >= 0.3 is 12.0 Å². The molecule has 2 fully saturated rings. The lowest BCUT2D eigenvalue weighted by Crippen LogP contribution is -2.40. The zero-order valence-corrected chi connectivity index (χ0v) is 11.9. The summed E-state index contributed by atoms with van der Waals surface area (Å²) >= 11 is 0. The number of fused-ring (bicyclic) bond motifs is 1. The molecule has 0 unspecified atom stereocenters. The summed E-state index contributed by atoms with van der Waals surface area (Å²) in [6, 6.07) is -1.06. The second-order valence-corrected chi connectivity index (χ2v) is 5.33. The molecule has 9 nitrogen and oxygen atoms in total. The third-order valence-electron chi connectivity index (χ3n) is 3.85. The van der Waals surface area contributed by atoms with Crippen molar-refractivity contribution in [3.63, 3.8) is 0 Å². The molecule has 1 saturated carbocycles. The fourth-order valence-corrected chi connectivity index (χ4v) is 2.88. The van der Waals surface area contributed by atoms with Crippen LogP contribution in [0.3, 0.4) is 0 Å². The van der Waals surface area contributed by atoms with Crippen LogP contribution in [0.25, 0.3) is 0 Å². The number of carbonyl (C=O) groups is 5. The van der Waals surface area contributed by atoms with Crippen LogP contribution < -0.4 is 11.1 Å². The fourth-order valence-electron chi connectivity index (χ4n) is 2.88. The molecule has 9 heteroatoms. The Hall–Kier alpha value is -2.45. The van der Waals surface area contributed by atoms with Crippen molar-refractivity contribution in [3.8, 4) is 0 Å². The molecule has 0 bridgehead atoms. The molecule has 1 aliphatic carbocycles. The lowest BCUT2D eigenvalue weighted by molar-refractivity contribution is -0.154.